The van der Waals surface area contributed by atoms with Crippen molar-refractivity contribution in [2.75, 3.05) is 7.05 Å². The van der Waals surface area contributed by atoms with Crippen LogP contribution in [0.1, 0.15) is 55.5 Å². The second-order valence-corrected chi connectivity index (χ2v) is 10.1. The molecule has 0 aliphatic rings. The first-order valence-electron chi connectivity index (χ1n) is 12.0. The minimum absolute atomic E-state index is 0.0630. The van der Waals surface area contributed by atoms with Gasteiger partial charge in [0.25, 0.3) is 11.5 Å². The summed E-state index contributed by atoms with van der Waals surface area (Å²) in [5, 5.41) is 0.339. The van der Waals surface area contributed by atoms with Crippen LogP contribution in [0.15, 0.2) is 77.6 Å². The van der Waals surface area contributed by atoms with E-state index in [1.807, 2.05) is 12.1 Å². The number of alkyl halides is 3. The van der Waals surface area contributed by atoms with Crippen molar-refractivity contribution < 1.29 is 22.7 Å². The Morgan fingerprint density at radius 2 is 1.55 bits per heavy atom. The highest BCUT2D eigenvalue weighted by atomic mass is 19.4. The molecule has 0 N–H and O–H groups in total. The fourth-order valence-corrected chi connectivity index (χ4v) is 4.14. The number of nitrogens with zero attached hydrogens (tertiary/aromatic N) is 3. The van der Waals surface area contributed by atoms with E-state index in [1.54, 1.807) is 50.4 Å². The molecule has 0 fully saturated rings. The van der Waals surface area contributed by atoms with Crippen LogP contribution < -0.4 is 10.3 Å². The van der Waals surface area contributed by atoms with Crippen molar-refractivity contribution in [3.05, 3.63) is 100 Å². The highest BCUT2D eigenvalue weighted by Crippen LogP contribution is 2.27. The molecule has 3 aromatic carbocycles. The molecular weight excluding hydrogens is 495 g/mol. The number of fused-ring (bicyclic) bond motifs is 1. The van der Waals surface area contributed by atoms with E-state index in [4.69, 9.17) is 4.98 Å². The van der Waals surface area contributed by atoms with E-state index in [0.29, 0.717) is 22.2 Å². The fraction of sp³-hybridized carbons (Fsp3) is 0.276. The second kappa shape index (κ2) is 9.96. The van der Waals surface area contributed by atoms with E-state index in [9.17, 15) is 22.8 Å². The van der Waals surface area contributed by atoms with Crippen LogP contribution in [-0.4, -0.2) is 33.8 Å². The molecule has 0 spiro atoms. The third-order valence-electron chi connectivity index (χ3n) is 6.40. The van der Waals surface area contributed by atoms with Crippen molar-refractivity contribution in [1.29, 1.82) is 0 Å². The maximum Gasteiger partial charge on any atom is 0.573 e. The molecule has 1 aromatic heterocycles. The number of aromatic nitrogens is 2. The first-order chi connectivity index (χ1) is 17.8. The van der Waals surface area contributed by atoms with Gasteiger partial charge in [-0.3, -0.25) is 14.2 Å². The van der Waals surface area contributed by atoms with E-state index in [-0.39, 0.29) is 17.1 Å². The van der Waals surface area contributed by atoms with Crippen LogP contribution in [0.2, 0.25) is 0 Å². The highest BCUT2D eigenvalue weighted by Gasteiger charge is 2.31. The maximum absolute atomic E-state index is 13.6. The van der Waals surface area contributed by atoms with Crippen LogP contribution in [-0.2, 0) is 5.41 Å². The number of ether oxygens (including phenoxy) is 1. The standard InChI is InChI=1S/C29H28F3N3O3/c1-18(34(5)26(36)19-10-12-20(13-11-19)28(2,3)4)25-33-24-9-7-6-8-23(24)27(37)35(25)21-14-16-22(17-15-21)38-29(30,31)32/h6-18H,1-5H3. The normalized spacial score (nSPS) is 12.8. The molecule has 1 heterocycles. The zero-order chi connectivity index (χ0) is 27.8. The van der Waals surface area contributed by atoms with Crippen LogP contribution in [0.4, 0.5) is 13.2 Å². The summed E-state index contributed by atoms with van der Waals surface area (Å²) in [6.07, 6.45) is -4.84. The number of hydrogen-bond acceptors (Lipinski definition) is 4. The fourth-order valence-electron chi connectivity index (χ4n) is 4.14. The third kappa shape index (κ3) is 5.56. The molecule has 38 heavy (non-hydrogen) atoms. The van der Waals surface area contributed by atoms with Crippen molar-refractivity contribution in [3.63, 3.8) is 0 Å². The topological polar surface area (TPSA) is 64.4 Å². The highest BCUT2D eigenvalue weighted by molar-refractivity contribution is 5.94. The summed E-state index contributed by atoms with van der Waals surface area (Å²) >= 11 is 0. The lowest BCUT2D eigenvalue weighted by Gasteiger charge is -2.27. The maximum atomic E-state index is 13.6. The van der Waals surface area contributed by atoms with Gasteiger partial charge in [0.15, 0.2) is 0 Å². The summed E-state index contributed by atoms with van der Waals surface area (Å²) in [6, 6.07) is 18.5. The summed E-state index contributed by atoms with van der Waals surface area (Å²) in [5.41, 5.74) is 1.84. The van der Waals surface area contributed by atoms with Crippen molar-refractivity contribution in [3.8, 4) is 11.4 Å². The summed E-state index contributed by atoms with van der Waals surface area (Å²) in [4.78, 5) is 33.1. The number of benzene rings is 3. The van der Waals surface area contributed by atoms with Gasteiger partial charge in [0, 0.05) is 12.6 Å². The average Bonchev–Trinajstić information content (AvgIpc) is 2.86. The molecule has 0 aliphatic carbocycles. The molecule has 9 heteroatoms. The predicted octanol–water partition coefficient (Wildman–Crippen LogP) is 6.42. The predicted molar refractivity (Wildman–Crippen MR) is 140 cm³/mol. The lowest BCUT2D eigenvalue weighted by Crippen LogP contribution is -2.35. The summed E-state index contributed by atoms with van der Waals surface area (Å²) in [6.45, 7) is 8.01. The van der Waals surface area contributed by atoms with E-state index in [1.165, 1.54) is 21.6 Å². The smallest absolute Gasteiger partial charge is 0.406 e. The van der Waals surface area contributed by atoms with E-state index in [0.717, 1.165) is 17.7 Å². The van der Waals surface area contributed by atoms with Gasteiger partial charge in [-0.15, -0.1) is 13.2 Å². The van der Waals surface area contributed by atoms with Crippen molar-refractivity contribution in [2.24, 2.45) is 0 Å². The molecule has 1 atom stereocenters. The number of hydrogen-bond donors (Lipinski definition) is 0. The Morgan fingerprint density at radius 3 is 2.13 bits per heavy atom. The van der Waals surface area contributed by atoms with Gasteiger partial charge < -0.3 is 9.64 Å². The molecule has 4 aromatic rings. The molecule has 0 bridgehead atoms. The van der Waals surface area contributed by atoms with Gasteiger partial charge in [-0.2, -0.15) is 0 Å². The van der Waals surface area contributed by atoms with Crippen LogP contribution in [0.25, 0.3) is 16.6 Å². The second-order valence-electron chi connectivity index (χ2n) is 10.1. The summed E-state index contributed by atoms with van der Waals surface area (Å²) in [5.74, 6) is -0.412. The van der Waals surface area contributed by atoms with Crippen molar-refractivity contribution in [2.45, 2.75) is 45.5 Å². The lowest BCUT2D eigenvalue weighted by molar-refractivity contribution is -0.274. The molecule has 0 aliphatic heterocycles. The van der Waals surface area contributed by atoms with Crippen LogP contribution in [0.5, 0.6) is 5.75 Å². The number of halogens is 3. The average molecular weight is 524 g/mol. The van der Waals surface area contributed by atoms with Gasteiger partial charge in [-0.05, 0) is 66.4 Å². The summed E-state index contributed by atoms with van der Waals surface area (Å²) < 4.78 is 43.2. The molecule has 6 nitrogen and oxygen atoms in total. The molecule has 1 amide bonds. The number of amides is 1. The molecule has 4 rings (SSSR count). The third-order valence-corrected chi connectivity index (χ3v) is 6.40. The quantitative estimate of drug-likeness (QED) is 0.303. The monoisotopic (exact) mass is 523 g/mol. The van der Waals surface area contributed by atoms with Crippen molar-refractivity contribution >= 4 is 16.8 Å². The Kier molecular flexibility index (Phi) is 7.06. The van der Waals surface area contributed by atoms with Crippen LogP contribution >= 0.6 is 0 Å². The van der Waals surface area contributed by atoms with E-state index in [2.05, 4.69) is 25.5 Å². The molecule has 198 valence electrons. The SMILES string of the molecule is CC(c1nc2ccccc2c(=O)n1-c1ccc(OC(F)(F)F)cc1)N(C)C(=O)c1ccc(C(C)(C)C)cc1. The van der Waals surface area contributed by atoms with Gasteiger partial charge in [0.2, 0.25) is 0 Å². The van der Waals surface area contributed by atoms with E-state index >= 15 is 0 Å². The summed E-state index contributed by atoms with van der Waals surface area (Å²) in [7, 11) is 1.62. The largest absolute Gasteiger partial charge is 0.573 e. The molecule has 0 radical (unpaired) electrons. The number of carbonyl (C=O) groups is 1. The van der Waals surface area contributed by atoms with Gasteiger partial charge in [0.1, 0.15) is 11.6 Å². The number of carbonyl (C=O) groups excluding carboxylic acids is 1. The van der Waals surface area contributed by atoms with E-state index < -0.39 is 23.7 Å². The first kappa shape index (κ1) is 26.9. The molecule has 1 unspecified atom stereocenters. The Labute approximate surface area is 218 Å². The van der Waals surface area contributed by atoms with Gasteiger partial charge >= 0.3 is 6.36 Å². The molecule has 0 saturated heterocycles. The Balaban J connectivity index is 1.76. The Bertz CT molecular complexity index is 1520. The van der Waals surface area contributed by atoms with Crippen LogP contribution in [0, 0.1) is 0 Å². The molecule has 0 saturated carbocycles. The minimum Gasteiger partial charge on any atom is -0.406 e. The number of para-hydroxylation sites is 1. The Hall–Kier alpha value is -4.14. The van der Waals surface area contributed by atoms with Gasteiger partial charge in [-0.25, -0.2) is 4.98 Å². The molecular formula is C29H28F3N3O3. The number of rotatable bonds is 5. The first-order valence-corrected chi connectivity index (χ1v) is 12.0. The zero-order valence-corrected chi connectivity index (χ0v) is 21.7. The Morgan fingerprint density at radius 1 is 0.947 bits per heavy atom. The lowest BCUT2D eigenvalue weighted by atomic mass is 9.86. The van der Waals surface area contributed by atoms with Gasteiger partial charge in [0.05, 0.1) is 22.6 Å². The van der Waals surface area contributed by atoms with Crippen LogP contribution in [0.3, 0.4) is 0 Å². The minimum atomic E-state index is -4.84. The van der Waals surface area contributed by atoms with Crippen molar-refractivity contribution in [1.82, 2.24) is 14.5 Å². The van der Waals surface area contributed by atoms with Gasteiger partial charge in [-0.1, -0.05) is 45.0 Å². The zero-order valence-electron chi connectivity index (χ0n) is 21.7.